The van der Waals surface area contributed by atoms with Crippen LogP contribution in [0.25, 0.3) is 0 Å². The summed E-state index contributed by atoms with van der Waals surface area (Å²) in [5, 5.41) is 0.0979. The van der Waals surface area contributed by atoms with E-state index in [1.54, 1.807) is 38.1 Å². The van der Waals surface area contributed by atoms with Gasteiger partial charge in [0.2, 0.25) is 0 Å². The molecule has 7 heteroatoms. The number of hydrogen-bond donors (Lipinski definition) is 2. The molecule has 1 aromatic heterocycles. The van der Waals surface area contributed by atoms with Gasteiger partial charge in [-0.3, -0.25) is 4.72 Å². The maximum Gasteiger partial charge on any atom is 0.264 e. The molecule has 0 saturated carbocycles. The van der Waals surface area contributed by atoms with Gasteiger partial charge in [-0.2, -0.15) is 0 Å². The Morgan fingerprint density at radius 1 is 1.20 bits per heavy atom. The molecular weight excluding hydrogens is 298 g/mol. The molecule has 0 bridgehead atoms. The Morgan fingerprint density at radius 3 is 2.50 bits per heavy atom. The molecule has 2 rings (SSSR count). The van der Waals surface area contributed by atoms with Crippen molar-refractivity contribution < 1.29 is 8.42 Å². The van der Waals surface area contributed by atoms with Crippen LogP contribution in [-0.4, -0.2) is 13.4 Å². The number of nitrogen functional groups attached to an aromatic ring is 1. The molecule has 1 aromatic carbocycles. The minimum atomic E-state index is -3.82. The summed E-state index contributed by atoms with van der Waals surface area (Å²) in [7, 11) is -3.82. The number of nitrogens with two attached hydrogens (primary N) is 1. The number of nitrogens with zero attached hydrogens (tertiary/aromatic N) is 1. The standard InChI is InChI=1S/C13H14ClN3O2S/c1-8-6-7-16-13(14)11(8)17-20(18,19)12-9(2)4-3-5-10(12)15/h3-7,17H,15H2,1-2H3. The zero-order chi connectivity index (χ0) is 14.9. The minimum Gasteiger partial charge on any atom is -0.398 e. The van der Waals surface area contributed by atoms with Crippen LogP contribution in [0.4, 0.5) is 11.4 Å². The molecule has 5 nitrogen and oxygen atoms in total. The molecule has 0 saturated heterocycles. The molecule has 3 N–H and O–H groups in total. The minimum absolute atomic E-state index is 0.0549. The van der Waals surface area contributed by atoms with E-state index in [2.05, 4.69) is 9.71 Å². The van der Waals surface area contributed by atoms with Crippen molar-refractivity contribution >= 4 is 33.0 Å². The van der Waals surface area contributed by atoms with Gasteiger partial charge in [-0.1, -0.05) is 23.7 Å². The zero-order valence-corrected chi connectivity index (χ0v) is 12.6. The van der Waals surface area contributed by atoms with Gasteiger partial charge in [0.15, 0.2) is 5.15 Å². The fourth-order valence-electron chi connectivity index (χ4n) is 1.88. The Morgan fingerprint density at radius 2 is 1.90 bits per heavy atom. The highest BCUT2D eigenvalue weighted by atomic mass is 35.5. The van der Waals surface area contributed by atoms with Gasteiger partial charge >= 0.3 is 0 Å². The molecule has 0 spiro atoms. The van der Waals surface area contributed by atoms with E-state index in [9.17, 15) is 8.42 Å². The second-order valence-electron chi connectivity index (χ2n) is 4.39. The molecule has 106 valence electrons. The second-order valence-corrected chi connectivity index (χ2v) is 6.37. The number of anilines is 2. The van der Waals surface area contributed by atoms with Gasteiger partial charge in [0, 0.05) is 6.20 Å². The van der Waals surface area contributed by atoms with E-state index in [0.29, 0.717) is 11.1 Å². The first kappa shape index (κ1) is 14.6. The summed E-state index contributed by atoms with van der Waals surface area (Å²) in [6.07, 6.45) is 1.51. The van der Waals surface area contributed by atoms with Gasteiger partial charge in [0.1, 0.15) is 4.90 Å². The van der Waals surface area contributed by atoms with E-state index in [1.165, 1.54) is 6.20 Å². The van der Waals surface area contributed by atoms with Gasteiger partial charge in [-0.05, 0) is 37.1 Å². The monoisotopic (exact) mass is 311 g/mol. The lowest BCUT2D eigenvalue weighted by Crippen LogP contribution is -2.17. The number of sulfonamides is 1. The quantitative estimate of drug-likeness (QED) is 0.674. The third-order valence-corrected chi connectivity index (χ3v) is 4.72. The molecule has 0 amide bonds. The highest BCUT2D eigenvalue weighted by Crippen LogP contribution is 2.29. The van der Waals surface area contributed by atoms with E-state index < -0.39 is 10.0 Å². The number of rotatable bonds is 3. The Kier molecular flexibility index (Phi) is 3.87. The van der Waals surface area contributed by atoms with Crippen LogP contribution in [0.5, 0.6) is 0 Å². The summed E-state index contributed by atoms with van der Waals surface area (Å²) in [5.74, 6) is 0. The van der Waals surface area contributed by atoms with E-state index in [1.807, 2.05) is 0 Å². The first-order valence-corrected chi connectivity index (χ1v) is 7.68. The summed E-state index contributed by atoms with van der Waals surface area (Å²) in [6.45, 7) is 3.43. The van der Waals surface area contributed by atoms with Crippen LogP contribution in [0.1, 0.15) is 11.1 Å². The third kappa shape index (κ3) is 2.71. The van der Waals surface area contributed by atoms with Crippen LogP contribution in [0.15, 0.2) is 35.4 Å². The third-order valence-electron chi connectivity index (χ3n) is 2.86. The average Bonchev–Trinajstić information content (AvgIpc) is 2.33. The smallest absolute Gasteiger partial charge is 0.264 e. The molecule has 0 aliphatic rings. The lowest BCUT2D eigenvalue weighted by molar-refractivity contribution is 0.601. The Balaban J connectivity index is 2.53. The fraction of sp³-hybridized carbons (Fsp3) is 0.154. The predicted octanol–water partition coefficient (Wildman–Crippen LogP) is 2.73. The number of halogens is 1. The van der Waals surface area contributed by atoms with Crippen molar-refractivity contribution in [2.75, 3.05) is 10.5 Å². The van der Waals surface area contributed by atoms with Crippen LogP contribution >= 0.6 is 11.6 Å². The summed E-state index contributed by atoms with van der Waals surface area (Å²) >= 11 is 5.93. The summed E-state index contributed by atoms with van der Waals surface area (Å²) in [5.41, 5.74) is 7.47. The number of benzene rings is 1. The molecule has 0 aliphatic heterocycles. The van der Waals surface area contributed by atoms with Crippen molar-refractivity contribution in [1.82, 2.24) is 4.98 Å². The lowest BCUT2D eigenvalue weighted by Gasteiger charge is -2.14. The Bertz CT molecular complexity index is 720. The van der Waals surface area contributed by atoms with Crippen molar-refractivity contribution in [3.05, 3.63) is 46.7 Å². The number of aryl methyl sites for hydroxylation is 2. The van der Waals surface area contributed by atoms with Gasteiger partial charge in [-0.15, -0.1) is 0 Å². The molecule has 1 heterocycles. The second kappa shape index (κ2) is 5.30. The number of hydrogen-bond acceptors (Lipinski definition) is 4. The first-order valence-electron chi connectivity index (χ1n) is 5.82. The van der Waals surface area contributed by atoms with Crippen LogP contribution in [0, 0.1) is 13.8 Å². The van der Waals surface area contributed by atoms with E-state index in [0.717, 1.165) is 0 Å². The Labute approximate surface area is 122 Å². The number of aromatic nitrogens is 1. The van der Waals surface area contributed by atoms with Crippen molar-refractivity contribution in [3.63, 3.8) is 0 Å². The maximum absolute atomic E-state index is 12.5. The van der Waals surface area contributed by atoms with Crippen molar-refractivity contribution in [2.24, 2.45) is 0 Å². The average molecular weight is 312 g/mol. The van der Waals surface area contributed by atoms with Crippen molar-refractivity contribution in [1.29, 1.82) is 0 Å². The topological polar surface area (TPSA) is 85.1 Å². The van der Waals surface area contributed by atoms with Crippen LogP contribution < -0.4 is 10.5 Å². The zero-order valence-electron chi connectivity index (χ0n) is 11.0. The number of pyridine rings is 1. The van der Waals surface area contributed by atoms with Gasteiger partial charge in [0.25, 0.3) is 10.0 Å². The molecule has 0 fully saturated rings. The molecule has 0 aliphatic carbocycles. The largest absolute Gasteiger partial charge is 0.398 e. The van der Waals surface area contributed by atoms with E-state index in [-0.39, 0.29) is 21.4 Å². The summed E-state index contributed by atoms with van der Waals surface area (Å²) < 4.78 is 27.4. The van der Waals surface area contributed by atoms with Gasteiger partial charge in [-0.25, -0.2) is 13.4 Å². The predicted molar refractivity (Wildman–Crippen MR) is 80.4 cm³/mol. The van der Waals surface area contributed by atoms with Crippen LogP contribution in [0.3, 0.4) is 0 Å². The summed E-state index contributed by atoms with van der Waals surface area (Å²) in [6, 6.07) is 6.60. The number of nitrogens with one attached hydrogen (secondary N) is 1. The SMILES string of the molecule is Cc1ccnc(Cl)c1NS(=O)(=O)c1c(C)cccc1N. The fourth-order valence-corrected chi connectivity index (χ4v) is 3.68. The molecule has 0 unspecified atom stereocenters. The van der Waals surface area contributed by atoms with Crippen molar-refractivity contribution in [3.8, 4) is 0 Å². The Hall–Kier alpha value is -1.79. The molecule has 20 heavy (non-hydrogen) atoms. The first-order chi connectivity index (χ1) is 9.33. The highest BCUT2D eigenvalue weighted by molar-refractivity contribution is 7.93. The van der Waals surface area contributed by atoms with Crippen molar-refractivity contribution in [2.45, 2.75) is 18.7 Å². The van der Waals surface area contributed by atoms with E-state index >= 15 is 0 Å². The molecule has 2 aromatic rings. The summed E-state index contributed by atoms with van der Waals surface area (Å²) in [4.78, 5) is 3.92. The lowest BCUT2D eigenvalue weighted by atomic mass is 10.2. The van der Waals surface area contributed by atoms with E-state index in [4.69, 9.17) is 17.3 Å². The molecule has 0 radical (unpaired) electrons. The molecule has 0 atom stereocenters. The van der Waals surface area contributed by atoms with Gasteiger partial charge < -0.3 is 5.73 Å². The van der Waals surface area contributed by atoms with Crippen LogP contribution in [0.2, 0.25) is 5.15 Å². The molecular formula is C13H14ClN3O2S. The normalized spacial score (nSPS) is 11.3. The maximum atomic E-state index is 12.5. The van der Waals surface area contributed by atoms with Gasteiger partial charge in [0.05, 0.1) is 11.4 Å². The highest BCUT2D eigenvalue weighted by Gasteiger charge is 2.22. The van der Waals surface area contributed by atoms with Crippen LogP contribution in [-0.2, 0) is 10.0 Å².